The number of amides is 1. The molecule has 0 atom stereocenters. The van der Waals surface area contributed by atoms with Crippen LogP contribution in [0.3, 0.4) is 0 Å². The molecule has 3 heteroatoms. The van der Waals surface area contributed by atoms with Crippen LogP contribution in [0, 0.1) is 5.41 Å². The molecule has 64 valence electrons. The summed E-state index contributed by atoms with van der Waals surface area (Å²) in [7, 11) is 0. The molecule has 0 radical (unpaired) electrons. The number of rotatable bonds is 0. The number of hydrogen-bond acceptors (Lipinski definition) is 2. The topological polar surface area (TPSA) is 41.1 Å². The second kappa shape index (κ2) is 3.22. The Labute approximate surface area is 67.5 Å². The molecule has 0 saturated carbocycles. The van der Waals surface area contributed by atoms with Crippen molar-refractivity contribution in [3.05, 3.63) is 0 Å². The van der Waals surface area contributed by atoms with E-state index in [-0.39, 0.29) is 11.3 Å². The minimum atomic E-state index is -0.250. The maximum atomic E-state index is 11.3. The maximum absolute atomic E-state index is 11.3. The highest BCUT2D eigenvalue weighted by Gasteiger charge is 2.27. The molecule has 1 amide bonds. The third kappa shape index (κ3) is 2.19. The fraction of sp³-hybridized carbons (Fsp3) is 0.875. The summed E-state index contributed by atoms with van der Waals surface area (Å²) in [5.41, 5.74) is -0.250. The summed E-state index contributed by atoms with van der Waals surface area (Å²) in [5.74, 6) is 0.157. The van der Waals surface area contributed by atoms with Crippen molar-refractivity contribution in [3.63, 3.8) is 0 Å². The van der Waals surface area contributed by atoms with E-state index in [9.17, 15) is 4.79 Å². The average Bonchev–Trinajstić information content (AvgIpc) is 1.93. The van der Waals surface area contributed by atoms with E-state index in [2.05, 4.69) is 10.6 Å². The summed E-state index contributed by atoms with van der Waals surface area (Å²) in [6, 6.07) is 0. The molecule has 2 N–H and O–H groups in total. The SMILES string of the molecule is CC1(C)CNCCCNC1=O. The number of carbonyl (C=O) groups excluding carboxylic acids is 1. The third-order valence-electron chi connectivity index (χ3n) is 2.00. The van der Waals surface area contributed by atoms with E-state index in [1.165, 1.54) is 0 Å². The summed E-state index contributed by atoms with van der Waals surface area (Å²) >= 11 is 0. The van der Waals surface area contributed by atoms with Crippen LogP contribution in [0.1, 0.15) is 20.3 Å². The van der Waals surface area contributed by atoms with Crippen molar-refractivity contribution in [2.45, 2.75) is 20.3 Å². The van der Waals surface area contributed by atoms with Gasteiger partial charge in [0.05, 0.1) is 5.41 Å². The van der Waals surface area contributed by atoms with Crippen molar-refractivity contribution in [3.8, 4) is 0 Å². The van der Waals surface area contributed by atoms with Gasteiger partial charge < -0.3 is 10.6 Å². The number of carbonyl (C=O) groups is 1. The normalized spacial score (nSPS) is 25.1. The Balaban J connectivity index is 2.54. The van der Waals surface area contributed by atoms with Gasteiger partial charge in [-0.05, 0) is 26.8 Å². The molecular weight excluding hydrogens is 140 g/mol. The van der Waals surface area contributed by atoms with Crippen LogP contribution in [-0.4, -0.2) is 25.5 Å². The van der Waals surface area contributed by atoms with Gasteiger partial charge in [-0.2, -0.15) is 0 Å². The fourth-order valence-corrected chi connectivity index (χ4v) is 1.14. The molecule has 1 heterocycles. The fourth-order valence-electron chi connectivity index (χ4n) is 1.14. The van der Waals surface area contributed by atoms with Crippen molar-refractivity contribution in [2.75, 3.05) is 19.6 Å². The molecule has 0 spiro atoms. The molecular formula is C8H16N2O. The molecule has 1 aliphatic heterocycles. The molecule has 0 aliphatic carbocycles. The van der Waals surface area contributed by atoms with E-state index < -0.39 is 0 Å². The number of nitrogens with one attached hydrogen (secondary N) is 2. The Kier molecular flexibility index (Phi) is 2.49. The zero-order valence-electron chi connectivity index (χ0n) is 7.24. The van der Waals surface area contributed by atoms with Gasteiger partial charge in [0.25, 0.3) is 0 Å². The molecule has 0 aromatic rings. The first-order chi connectivity index (χ1) is 5.13. The van der Waals surface area contributed by atoms with Gasteiger partial charge in [0.1, 0.15) is 0 Å². The predicted octanol–water partition coefficient (Wildman–Crippen LogP) is 0.122. The van der Waals surface area contributed by atoms with Gasteiger partial charge in [-0.25, -0.2) is 0 Å². The molecule has 0 aromatic heterocycles. The first-order valence-electron chi connectivity index (χ1n) is 4.12. The smallest absolute Gasteiger partial charge is 0.226 e. The van der Waals surface area contributed by atoms with Crippen LogP contribution in [0.15, 0.2) is 0 Å². The summed E-state index contributed by atoms with van der Waals surface area (Å²) in [4.78, 5) is 11.3. The lowest BCUT2D eigenvalue weighted by molar-refractivity contribution is -0.129. The van der Waals surface area contributed by atoms with E-state index in [0.29, 0.717) is 0 Å². The van der Waals surface area contributed by atoms with Crippen LogP contribution in [-0.2, 0) is 4.79 Å². The molecule has 1 fully saturated rings. The lowest BCUT2D eigenvalue weighted by Gasteiger charge is -2.26. The summed E-state index contributed by atoms with van der Waals surface area (Å²) in [6.45, 7) is 6.50. The van der Waals surface area contributed by atoms with Gasteiger partial charge >= 0.3 is 0 Å². The van der Waals surface area contributed by atoms with Crippen LogP contribution in [0.25, 0.3) is 0 Å². The lowest BCUT2D eigenvalue weighted by atomic mass is 9.91. The van der Waals surface area contributed by atoms with Crippen molar-refractivity contribution < 1.29 is 4.79 Å². The van der Waals surface area contributed by atoms with E-state index in [1.54, 1.807) is 0 Å². The minimum absolute atomic E-state index is 0.157. The summed E-state index contributed by atoms with van der Waals surface area (Å²) in [6.07, 6.45) is 1.03. The van der Waals surface area contributed by atoms with Gasteiger partial charge in [-0.15, -0.1) is 0 Å². The lowest BCUT2D eigenvalue weighted by Crippen LogP contribution is -2.46. The highest BCUT2D eigenvalue weighted by molar-refractivity contribution is 5.82. The molecule has 1 saturated heterocycles. The van der Waals surface area contributed by atoms with E-state index in [1.807, 2.05) is 13.8 Å². The maximum Gasteiger partial charge on any atom is 0.226 e. The predicted molar refractivity (Wildman–Crippen MR) is 44.3 cm³/mol. The standard InChI is InChI=1S/C8H16N2O/c1-8(2)6-9-4-3-5-10-7(8)11/h9H,3-6H2,1-2H3,(H,10,11). The largest absolute Gasteiger partial charge is 0.356 e. The highest BCUT2D eigenvalue weighted by Crippen LogP contribution is 2.14. The van der Waals surface area contributed by atoms with Crippen LogP contribution in [0.5, 0.6) is 0 Å². The Morgan fingerprint density at radius 2 is 2.09 bits per heavy atom. The van der Waals surface area contributed by atoms with Gasteiger partial charge in [-0.3, -0.25) is 4.79 Å². The van der Waals surface area contributed by atoms with Crippen LogP contribution in [0.4, 0.5) is 0 Å². The van der Waals surface area contributed by atoms with E-state index in [0.717, 1.165) is 26.1 Å². The molecule has 0 bridgehead atoms. The first kappa shape index (κ1) is 8.53. The molecule has 1 aliphatic rings. The zero-order chi connectivity index (χ0) is 8.32. The van der Waals surface area contributed by atoms with Gasteiger partial charge in [0.15, 0.2) is 0 Å². The van der Waals surface area contributed by atoms with E-state index >= 15 is 0 Å². The Morgan fingerprint density at radius 1 is 1.36 bits per heavy atom. The summed E-state index contributed by atoms with van der Waals surface area (Å²) < 4.78 is 0. The number of hydrogen-bond donors (Lipinski definition) is 2. The van der Waals surface area contributed by atoms with Crippen LogP contribution in [0.2, 0.25) is 0 Å². The molecule has 3 nitrogen and oxygen atoms in total. The third-order valence-corrected chi connectivity index (χ3v) is 2.00. The summed E-state index contributed by atoms with van der Waals surface area (Å²) in [5, 5.41) is 6.14. The Bertz CT molecular complexity index is 154. The monoisotopic (exact) mass is 156 g/mol. The minimum Gasteiger partial charge on any atom is -0.356 e. The average molecular weight is 156 g/mol. The second-order valence-electron chi connectivity index (χ2n) is 3.67. The molecule has 0 aromatic carbocycles. The van der Waals surface area contributed by atoms with Crippen molar-refractivity contribution in [1.82, 2.24) is 10.6 Å². The van der Waals surface area contributed by atoms with Crippen molar-refractivity contribution in [1.29, 1.82) is 0 Å². The van der Waals surface area contributed by atoms with Gasteiger partial charge in [-0.1, -0.05) is 0 Å². The highest BCUT2D eigenvalue weighted by atomic mass is 16.2. The Hall–Kier alpha value is -0.570. The van der Waals surface area contributed by atoms with Crippen molar-refractivity contribution >= 4 is 5.91 Å². The van der Waals surface area contributed by atoms with Gasteiger partial charge in [0.2, 0.25) is 5.91 Å². The van der Waals surface area contributed by atoms with Crippen LogP contribution < -0.4 is 10.6 Å². The quantitative estimate of drug-likeness (QED) is 0.523. The first-order valence-corrected chi connectivity index (χ1v) is 4.12. The Morgan fingerprint density at radius 3 is 2.82 bits per heavy atom. The molecule has 11 heavy (non-hydrogen) atoms. The zero-order valence-corrected chi connectivity index (χ0v) is 7.24. The molecule has 0 unspecified atom stereocenters. The molecule has 1 rings (SSSR count). The van der Waals surface area contributed by atoms with E-state index in [4.69, 9.17) is 0 Å². The van der Waals surface area contributed by atoms with Gasteiger partial charge in [0, 0.05) is 13.1 Å². The second-order valence-corrected chi connectivity index (χ2v) is 3.67. The van der Waals surface area contributed by atoms with Crippen molar-refractivity contribution in [2.24, 2.45) is 5.41 Å². The van der Waals surface area contributed by atoms with Crippen LogP contribution >= 0.6 is 0 Å².